The number of aryl methyl sites for hydroxylation is 1. The Labute approximate surface area is 185 Å². The van der Waals surface area contributed by atoms with Crippen molar-refractivity contribution >= 4 is 35.1 Å². The molecule has 1 N–H and O–H groups in total. The second-order valence-electron chi connectivity index (χ2n) is 7.10. The van der Waals surface area contributed by atoms with Gasteiger partial charge in [-0.3, -0.25) is 4.79 Å². The number of amides is 1. The zero-order valence-corrected chi connectivity index (χ0v) is 18.9. The first-order chi connectivity index (χ1) is 14.2. The number of benzene rings is 1. The fourth-order valence-corrected chi connectivity index (χ4v) is 3.73. The molecule has 2 heterocycles. The Balaban J connectivity index is 0.00000155. The van der Waals surface area contributed by atoms with Gasteiger partial charge in [0.2, 0.25) is 5.95 Å². The van der Waals surface area contributed by atoms with Gasteiger partial charge in [0, 0.05) is 23.6 Å². The maximum absolute atomic E-state index is 14.3. The molecule has 30 heavy (non-hydrogen) atoms. The molecule has 1 saturated heterocycles. The van der Waals surface area contributed by atoms with Crippen molar-refractivity contribution in [1.82, 2.24) is 14.9 Å². The van der Waals surface area contributed by atoms with E-state index in [0.29, 0.717) is 27.1 Å². The van der Waals surface area contributed by atoms with Gasteiger partial charge < -0.3 is 10.2 Å². The molecule has 9 heteroatoms. The van der Waals surface area contributed by atoms with Crippen LogP contribution >= 0.6 is 23.2 Å². The van der Waals surface area contributed by atoms with Crippen LogP contribution in [0.5, 0.6) is 0 Å². The zero-order chi connectivity index (χ0) is 22.5. The maximum atomic E-state index is 14.3. The van der Waals surface area contributed by atoms with Crippen LogP contribution in [0.3, 0.4) is 0 Å². The monoisotopic (exact) mass is 458 g/mol. The highest BCUT2D eigenvalue weighted by molar-refractivity contribution is 6.31. The predicted molar refractivity (Wildman–Crippen MR) is 117 cm³/mol. The Hall–Kier alpha value is -1.99. The van der Waals surface area contributed by atoms with Crippen LogP contribution in [0.1, 0.15) is 43.1 Å². The van der Waals surface area contributed by atoms with Crippen molar-refractivity contribution in [3.05, 3.63) is 51.8 Å². The molecule has 5 nitrogen and oxygen atoms in total. The molecule has 1 aromatic carbocycles. The first kappa shape index (κ1) is 24.3. The summed E-state index contributed by atoms with van der Waals surface area (Å²) in [5, 5.41) is 3.79. The van der Waals surface area contributed by atoms with Gasteiger partial charge in [-0.15, -0.1) is 0 Å². The summed E-state index contributed by atoms with van der Waals surface area (Å²) in [5.41, 5.74) is 1.01. The number of piperidine rings is 1. The Bertz CT molecular complexity index is 865. The van der Waals surface area contributed by atoms with Gasteiger partial charge in [-0.2, -0.15) is 0 Å². The fourth-order valence-electron chi connectivity index (χ4n) is 3.46. The molecule has 0 spiro atoms. The molecule has 0 unspecified atom stereocenters. The highest BCUT2D eigenvalue weighted by atomic mass is 35.5. The number of rotatable bonds is 4. The maximum Gasteiger partial charge on any atom is 0.265 e. The lowest BCUT2D eigenvalue weighted by atomic mass is 9.87. The van der Waals surface area contributed by atoms with Crippen LogP contribution in [0, 0.1) is 12.8 Å². The van der Waals surface area contributed by atoms with Gasteiger partial charge in [-0.1, -0.05) is 50.0 Å². The number of alkyl halides is 2. The number of nitrogens with one attached hydrogen (secondary N) is 1. The third-order valence-corrected chi connectivity index (χ3v) is 5.29. The number of carbonyl (C=O) groups is 1. The van der Waals surface area contributed by atoms with Gasteiger partial charge in [0.1, 0.15) is 0 Å². The summed E-state index contributed by atoms with van der Waals surface area (Å²) in [5.74, 6) is -3.52. The third kappa shape index (κ3) is 6.01. The molecular weight excluding hydrogens is 433 g/mol. The molecular formula is C21H26Cl2F2N4O. The van der Waals surface area contributed by atoms with E-state index in [-0.39, 0.29) is 13.0 Å². The Kier molecular flexibility index (Phi) is 8.38. The van der Waals surface area contributed by atoms with Gasteiger partial charge in [-0.05, 0) is 30.5 Å². The highest BCUT2D eigenvalue weighted by Gasteiger charge is 2.46. The van der Waals surface area contributed by atoms with Crippen molar-refractivity contribution in [2.24, 2.45) is 5.92 Å². The molecule has 1 aliphatic heterocycles. The minimum atomic E-state index is -2.95. The van der Waals surface area contributed by atoms with E-state index in [0.717, 1.165) is 0 Å². The topological polar surface area (TPSA) is 58.1 Å². The average Bonchev–Trinajstić information content (AvgIpc) is 2.70. The van der Waals surface area contributed by atoms with E-state index in [4.69, 9.17) is 23.2 Å². The van der Waals surface area contributed by atoms with Crippen LogP contribution in [0.2, 0.25) is 10.0 Å². The number of nitrogens with zero attached hydrogens (tertiary/aromatic N) is 3. The number of hydrogen-bond donors (Lipinski definition) is 1. The third-order valence-electron chi connectivity index (χ3n) is 4.86. The SMILES string of the molecule is CC.Cc1ccc(Cl)cc1C(=O)N1CC(F)(F)C[C@@H](C)[C@H]1CNc1ncc(Cl)cn1. The molecule has 2 aromatic rings. The standard InChI is InChI=1S/C19H20Cl2F2N4O.C2H6/c1-11-3-4-13(20)5-15(11)17(28)27-10-19(22,23)6-12(2)16(27)9-26-18-24-7-14(21)8-25-18;1-2/h3-5,7-8,12,16H,6,9-10H2,1-2H3,(H,24,25,26);1-2H3/t12-,16-;/m1./s1. The molecule has 0 radical (unpaired) electrons. The predicted octanol–water partition coefficient (Wildman–Crippen LogP) is 5.72. The van der Waals surface area contributed by atoms with Gasteiger partial charge >= 0.3 is 0 Å². The molecule has 1 amide bonds. The van der Waals surface area contributed by atoms with Crippen molar-refractivity contribution in [2.75, 3.05) is 18.4 Å². The summed E-state index contributed by atoms with van der Waals surface area (Å²) in [6.45, 7) is 7.07. The number of hydrogen-bond acceptors (Lipinski definition) is 4. The molecule has 3 rings (SSSR count). The van der Waals surface area contributed by atoms with Crippen LogP contribution in [0.25, 0.3) is 0 Å². The van der Waals surface area contributed by atoms with Crippen LogP contribution in [-0.4, -0.2) is 45.8 Å². The Morgan fingerprint density at radius 1 is 1.23 bits per heavy atom. The van der Waals surface area contributed by atoms with Gasteiger partial charge in [0.25, 0.3) is 11.8 Å². The van der Waals surface area contributed by atoms with Crippen LogP contribution in [0.4, 0.5) is 14.7 Å². The van der Waals surface area contributed by atoms with E-state index in [1.165, 1.54) is 23.4 Å². The minimum Gasteiger partial charge on any atom is -0.352 e. The highest BCUT2D eigenvalue weighted by Crippen LogP contribution is 2.35. The summed E-state index contributed by atoms with van der Waals surface area (Å²) in [6, 6.07) is 4.43. The molecule has 1 fully saturated rings. The molecule has 0 saturated carbocycles. The van der Waals surface area contributed by atoms with E-state index in [2.05, 4.69) is 15.3 Å². The quantitative estimate of drug-likeness (QED) is 0.636. The lowest BCUT2D eigenvalue weighted by molar-refractivity contribution is -0.0897. The molecule has 0 aliphatic carbocycles. The minimum absolute atomic E-state index is 0.240. The number of carbonyl (C=O) groups excluding carboxylic acids is 1. The first-order valence-corrected chi connectivity index (χ1v) is 10.6. The summed E-state index contributed by atoms with van der Waals surface area (Å²) in [7, 11) is 0. The largest absolute Gasteiger partial charge is 0.352 e. The summed E-state index contributed by atoms with van der Waals surface area (Å²) < 4.78 is 28.5. The number of aromatic nitrogens is 2. The van der Waals surface area contributed by atoms with E-state index in [9.17, 15) is 13.6 Å². The van der Waals surface area contributed by atoms with Gasteiger partial charge in [-0.25, -0.2) is 18.7 Å². The average molecular weight is 459 g/mol. The number of anilines is 1. The van der Waals surface area contributed by atoms with Crippen molar-refractivity contribution in [1.29, 1.82) is 0 Å². The summed E-state index contributed by atoms with van der Waals surface area (Å²) >= 11 is 11.8. The van der Waals surface area contributed by atoms with E-state index in [1.807, 2.05) is 13.8 Å². The second kappa shape index (κ2) is 10.4. The first-order valence-electron chi connectivity index (χ1n) is 9.82. The lowest BCUT2D eigenvalue weighted by Gasteiger charge is -2.43. The fraction of sp³-hybridized carbons (Fsp3) is 0.476. The summed E-state index contributed by atoms with van der Waals surface area (Å²) in [4.78, 5) is 22.5. The molecule has 1 aromatic heterocycles. The smallest absolute Gasteiger partial charge is 0.265 e. The van der Waals surface area contributed by atoms with Gasteiger partial charge in [0.15, 0.2) is 0 Å². The van der Waals surface area contributed by atoms with Crippen LogP contribution in [-0.2, 0) is 0 Å². The van der Waals surface area contributed by atoms with Crippen molar-refractivity contribution in [3.8, 4) is 0 Å². The van der Waals surface area contributed by atoms with E-state index >= 15 is 0 Å². The van der Waals surface area contributed by atoms with Crippen molar-refractivity contribution in [2.45, 2.75) is 46.1 Å². The second-order valence-corrected chi connectivity index (χ2v) is 7.98. The molecule has 1 aliphatic rings. The van der Waals surface area contributed by atoms with Crippen LogP contribution < -0.4 is 5.32 Å². The lowest BCUT2D eigenvalue weighted by Crippen LogP contribution is -2.57. The van der Waals surface area contributed by atoms with E-state index in [1.54, 1.807) is 26.0 Å². The molecule has 2 atom stereocenters. The van der Waals surface area contributed by atoms with Crippen molar-refractivity contribution < 1.29 is 13.6 Å². The van der Waals surface area contributed by atoms with E-state index < -0.39 is 30.3 Å². The normalized spacial score (nSPS) is 20.2. The Morgan fingerprint density at radius 3 is 2.50 bits per heavy atom. The molecule has 164 valence electrons. The number of halogens is 4. The van der Waals surface area contributed by atoms with Crippen molar-refractivity contribution in [3.63, 3.8) is 0 Å². The van der Waals surface area contributed by atoms with Gasteiger partial charge in [0.05, 0.1) is 30.0 Å². The van der Waals surface area contributed by atoms with Crippen LogP contribution in [0.15, 0.2) is 30.6 Å². The molecule has 0 bridgehead atoms. The number of likely N-dealkylation sites (tertiary alicyclic amines) is 1. The summed E-state index contributed by atoms with van der Waals surface area (Å²) in [6.07, 6.45) is 2.58. The Morgan fingerprint density at radius 2 is 1.87 bits per heavy atom. The zero-order valence-electron chi connectivity index (χ0n) is 17.4.